The van der Waals surface area contributed by atoms with Gasteiger partial charge in [0, 0.05) is 6.20 Å². The molecule has 20 nitrogen and oxygen atoms in total. The first-order valence-corrected chi connectivity index (χ1v) is 16.0. The van der Waals surface area contributed by atoms with Crippen LogP contribution in [0.5, 0.6) is 0 Å². The number of nitrogens with two attached hydrogens (primary N) is 2. The van der Waals surface area contributed by atoms with Gasteiger partial charge >= 0.3 is 15.6 Å². The number of hydrogen-bond acceptors (Lipinski definition) is 15. The molecule has 242 valence electrons. The highest BCUT2D eigenvalue weighted by molar-refractivity contribution is 7.47. The van der Waals surface area contributed by atoms with E-state index in [0.717, 1.165) is 15.5 Å². The van der Waals surface area contributed by atoms with Crippen LogP contribution in [-0.4, -0.2) is 93.8 Å². The number of rotatable bonds is 2. The van der Waals surface area contributed by atoms with Gasteiger partial charge in [-0.2, -0.15) is 4.98 Å². The van der Waals surface area contributed by atoms with Crippen molar-refractivity contribution in [2.24, 2.45) is 0 Å². The maximum atomic E-state index is 15.9. The summed E-state index contributed by atoms with van der Waals surface area (Å²) in [7, 11) is -10.4. The highest BCUT2D eigenvalue weighted by atomic mass is 31.2. The third kappa shape index (κ3) is 5.31. The number of fused-ring (bicyclic) bond motifs is 5. The number of nitrogen functional groups attached to an aromatic ring is 2. The number of H-pyrrole nitrogens is 1. The molecule has 0 saturated carbocycles. The highest BCUT2D eigenvalue weighted by Gasteiger charge is 2.55. The first-order valence-electron chi connectivity index (χ1n) is 13.0. The molecule has 3 aliphatic rings. The standard InChI is InChI=1S/C21H23F2N9O11P2/c22-10-8-3-38-44(34,35)42-14-9(41-19(11(14)23)31-5-27-12-7(24)1-2-26-16(12)31)4-39-45(36,37)43-15(10)20(40-8)32-6-28-13-17(32)29-21(25)30-18(13)33/h1-2,5-6,8-11,14-15,19-20H,3-4H2,(H2,24,26)(H,34,35)(H,36,37)(H3,25,29,30,33)/t8-,9-,10+,11?,14+,15?,19-,20-/m1/s1. The summed E-state index contributed by atoms with van der Waals surface area (Å²) < 4.78 is 91.4. The van der Waals surface area contributed by atoms with Gasteiger partial charge in [-0.15, -0.1) is 0 Å². The van der Waals surface area contributed by atoms with Crippen LogP contribution in [0, 0.1) is 0 Å². The monoisotopic (exact) mass is 677 g/mol. The molecule has 0 radical (unpaired) electrons. The predicted molar refractivity (Wildman–Crippen MR) is 143 cm³/mol. The van der Waals surface area contributed by atoms with E-state index in [1.54, 1.807) is 0 Å². The number of imidazole rings is 2. The molecule has 45 heavy (non-hydrogen) atoms. The average molecular weight is 677 g/mol. The van der Waals surface area contributed by atoms with Gasteiger partial charge in [0.1, 0.15) is 29.9 Å². The van der Waals surface area contributed by atoms with Crippen LogP contribution in [0.2, 0.25) is 0 Å². The van der Waals surface area contributed by atoms with E-state index in [0.29, 0.717) is 0 Å². The fraction of sp³-hybridized carbons (Fsp3) is 0.476. The van der Waals surface area contributed by atoms with Gasteiger partial charge in [0.05, 0.1) is 31.6 Å². The van der Waals surface area contributed by atoms with Crippen molar-refractivity contribution >= 4 is 49.6 Å². The summed E-state index contributed by atoms with van der Waals surface area (Å²) in [5.41, 5.74) is 10.9. The average Bonchev–Trinajstić information content (AvgIpc) is 3.72. The van der Waals surface area contributed by atoms with Crippen LogP contribution in [0.1, 0.15) is 12.5 Å². The van der Waals surface area contributed by atoms with Crippen molar-refractivity contribution in [3.8, 4) is 0 Å². The Labute approximate surface area is 248 Å². The Bertz CT molecular complexity index is 1940. The van der Waals surface area contributed by atoms with E-state index in [4.69, 9.17) is 39.0 Å². The minimum Gasteiger partial charge on any atom is -0.397 e. The number of aromatic nitrogens is 7. The van der Waals surface area contributed by atoms with Crippen LogP contribution in [0.4, 0.5) is 20.4 Å². The minimum atomic E-state index is -5.23. The van der Waals surface area contributed by atoms with Crippen molar-refractivity contribution in [1.29, 1.82) is 0 Å². The van der Waals surface area contributed by atoms with Crippen LogP contribution in [0.15, 0.2) is 29.7 Å². The Kier molecular flexibility index (Phi) is 7.28. The van der Waals surface area contributed by atoms with Gasteiger partial charge < -0.3 is 30.7 Å². The number of phosphoric ester groups is 2. The zero-order valence-electron chi connectivity index (χ0n) is 22.4. The lowest BCUT2D eigenvalue weighted by molar-refractivity contribution is -0.0669. The number of nitrogens with zero attached hydrogens (tertiary/aromatic N) is 6. The fourth-order valence-corrected chi connectivity index (χ4v) is 7.20. The lowest BCUT2D eigenvalue weighted by atomic mass is 10.1. The van der Waals surface area contributed by atoms with Gasteiger partial charge in [0.25, 0.3) is 5.56 Å². The molecule has 7 N–H and O–H groups in total. The van der Waals surface area contributed by atoms with Crippen molar-refractivity contribution in [2.75, 3.05) is 24.7 Å². The summed E-state index contributed by atoms with van der Waals surface area (Å²) >= 11 is 0. The third-order valence-corrected chi connectivity index (χ3v) is 9.31. The maximum Gasteiger partial charge on any atom is 0.472 e. The number of hydrogen-bond donors (Lipinski definition) is 5. The summed E-state index contributed by atoms with van der Waals surface area (Å²) in [4.78, 5) is 51.7. The van der Waals surface area contributed by atoms with E-state index in [9.17, 15) is 23.7 Å². The number of phosphoric acid groups is 2. The SMILES string of the molecule is Nc1nc2c(ncn2[C@@H]2O[C@@H]3COP(=O)(O)O[C@@H]4C(F)[C@H](n5cnc6c(N)ccnc65)O[C@@H]4COP(=O)(O)OC2[C@H]3F)c(=O)[nH]1. The van der Waals surface area contributed by atoms with Crippen molar-refractivity contribution < 1.29 is 55.3 Å². The van der Waals surface area contributed by atoms with Crippen LogP contribution >= 0.6 is 15.6 Å². The Morgan fingerprint density at radius 2 is 1.49 bits per heavy atom. The molecule has 10 atom stereocenters. The lowest BCUT2D eigenvalue weighted by Crippen LogP contribution is -2.34. The van der Waals surface area contributed by atoms with E-state index in [1.165, 1.54) is 18.6 Å². The van der Waals surface area contributed by atoms with E-state index < -0.39 is 83.6 Å². The Balaban J connectivity index is 1.21. The van der Waals surface area contributed by atoms with Crippen molar-refractivity contribution in [1.82, 2.24) is 34.1 Å². The van der Waals surface area contributed by atoms with Gasteiger partial charge in [-0.25, -0.2) is 32.9 Å². The summed E-state index contributed by atoms with van der Waals surface area (Å²) in [6.45, 7) is -1.92. The van der Waals surface area contributed by atoms with Gasteiger partial charge in [0.2, 0.25) is 5.95 Å². The smallest absolute Gasteiger partial charge is 0.397 e. The van der Waals surface area contributed by atoms with Crippen molar-refractivity contribution in [3.05, 3.63) is 35.3 Å². The minimum absolute atomic E-state index is 0.107. The van der Waals surface area contributed by atoms with Gasteiger partial charge in [-0.3, -0.25) is 37.0 Å². The molecule has 3 fully saturated rings. The molecule has 2 bridgehead atoms. The quantitative estimate of drug-likeness (QED) is 0.177. The number of halogens is 2. The zero-order valence-corrected chi connectivity index (χ0v) is 24.2. The summed E-state index contributed by atoms with van der Waals surface area (Å²) in [6, 6.07) is 1.47. The molecule has 4 aromatic rings. The normalized spacial score (nSPS) is 37.7. The van der Waals surface area contributed by atoms with Crippen LogP contribution in [0.3, 0.4) is 0 Å². The number of ether oxygens (including phenoxy) is 2. The first-order chi connectivity index (χ1) is 21.3. The summed E-state index contributed by atoms with van der Waals surface area (Å²) in [5.74, 6) is -0.323. The Morgan fingerprint density at radius 3 is 2.22 bits per heavy atom. The first kappa shape index (κ1) is 30.2. The van der Waals surface area contributed by atoms with Crippen molar-refractivity contribution in [2.45, 2.75) is 49.2 Å². The van der Waals surface area contributed by atoms with Crippen molar-refractivity contribution in [3.63, 3.8) is 0 Å². The van der Waals surface area contributed by atoms with Gasteiger partial charge in [-0.05, 0) is 6.07 Å². The predicted octanol–water partition coefficient (Wildman–Crippen LogP) is 0.218. The summed E-state index contributed by atoms with van der Waals surface area (Å²) in [5, 5.41) is 0. The maximum absolute atomic E-state index is 15.9. The molecule has 3 saturated heterocycles. The molecule has 0 spiro atoms. The molecule has 4 unspecified atom stereocenters. The number of nitrogens with one attached hydrogen (secondary N) is 1. The van der Waals surface area contributed by atoms with Crippen LogP contribution in [-0.2, 0) is 36.7 Å². The second-order valence-corrected chi connectivity index (χ2v) is 13.0. The molecule has 0 amide bonds. The lowest BCUT2D eigenvalue weighted by Gasteiger charge is -2.25. The van der Waals surface area contributed by atoms with E-state index in [2.05, 4.69) is 24.9 Å². The molecule has 24 heteroatoms. The van der Waals surface area contributed by atoms with Crippen LogP contribution in [0.25, 0.3) is 22.3 Å². The number of aromatic amines is 1. The second-order valence-electron chi connectivity index (χ2n) is 10.2. The number of anilines is 2. The largest absolute Gasteiger partial charge is 0.472 e. The Hall–Kier alpha value is -3.43. The molecule has 0 aromatic carbocycles. The third-order valence-electron chi connectivity index (χ3n) is 7.34. The topological polar surface area (TPSA) is 276 Å². The number of pyridine rings is 1. The molecule has 3 aliphatic heterocycles. The molecular weight excluding hydrogens is 654 g/mol. The van der Waals surface area contributed by atoms with Crippen LogP contribution < -0.4 is 17.0 Å². The molecular formula is C21H23F2N9O11P2. The van der Waals surface area contributed by atoms with E-state index in [-0.39, 0.29) is 34.0 Å². The van der Waals surface area contributed by atoms with E-state index >= 15 is 8.78 Å². The van der Waals surface area contributed by atoms with E-state index in [1.807, 2.05) is 0 Å². The fourth-order valence-electron chi connectivity index (χ4n) is 5.32. The molecule has 7 heterocycles. The zero-order chi connectivity index (χ0) is 31.8. The molecule has 4 aromatic heterocycles. The van der Waals surface area contributed by atoms with Gasteiger partial charge in [0.15, 0.2) is 41.6 Å². The Morgan fingerprint density at radius 1 is 0.867 bits per heavy atom. The second kappa shape index (κ2) is 10.8. The van der Waals surface area contributed by atoms with Gasteiger partial charge in [-0.1, -0.05) is 0 Å². The molecule has 7 rings (SSSR count). The number of alkyl halides is 2. The highest BCUT2D eigenvalue weighted by Crippen LogP contribution is 2.54. The molecule has 0 aliphatic carbocycles. The summed E-state index contributed by atoms with van der Waals surface area (Å²) in [6.07, 6.45) is -11.4.